The van der Waals surface area contributed by atoms with Crippen LogP contribution in [0.25, 0.3) is 0 Å². The average molecular weight is 412 g/mol. The molecule has 0 unspecified atom stereocenters. The van der Waals surface area contributed by atoms with Crippen molar-refractivity contribution in [2.75, 3.05) is 20.8 Å². The van der Waals surface area contributed by atoms with E-state index in [0.29, 0.717) is 21.5 Å². The first-order valence-corrected chi connectivity index (χ1v) is 8.74. The zero-order valence-corrected chi connectivity index (χ0v) is 16.6. The van der Waals surface area contributed by atoms with Gasteiger partial charge in [-0.15, -0.1) is 0 Å². The predicted molar refractivity (Wildman–Crippen MR) is 103 cm³/mol. The van der Waals surface area contributed by atoms with Crippen molar-refractivity contribution in [2.24, 2.45) is 0 Å². The molecule has 144 valence electrons. The number of methoxy groups -OCH3 is 2. The summed E-state index contributed by atoms with van der Waals surface area (Å²) in [4.78, 5) is 24.2. The van der Waals surface area contributed by atoms with Crippen LogP contribution in [0.2, 0.25) is 10.0 Å². The highest BCUT2D eigenvalue weighted by Crippen LogP contribution is 2.28. The lowest BCUT2D eigenvalue weighted by atomic mass is 10.1. The van der Waals surface area contributed by atoms with Gasteiger partial charge >= 0.3 is 5.97 Å². The van der Waals surface area contributed by atoms with E-state index in [2.05, 4.69) is 5.32 Å². The molecular weight excluding hydrogens is 393 g/mol. The summed E-state index contributed by atoms with van der Waals surface area (Å²) in [7, 11) is 2.96. The Bertz CT molecular complexity index is 841. The Morgan fingerprint density at radius 1 is 1.00 bits per heavy atom. The van der Waals surface area contributed by atoms with E-state index in [9.17, 15) is 9.59 Å². The van der Waals surface area contributed by atoms with E-state index in [1.54, 1.807) is 31.2 Å². The van der Waals surface area contributed by atoms with Crippen LogP contribution in [0.15, 0.2) is 36.4 Å². The molecule has 1 atom stereocenters. The van der Waals surface area contributed by atoms with Crippen LogP contribution in [-0.4, -0.2) is 32.7 Å². The molecule has 0 spiro atoms. The minimum atomic E-state index is -0.645. The van der Waals surface area contributed by atoms with E-state index in [-0.39, 0.29) is 11.6 Å². The largest absolute Gasteiger partial charge is 0.493 e. The fraction of sp³-hybridized carbons (Fsp3) is 0.263. The normalized spacial score (nSPS) is 11.4. The molecule has 0 aromatic heterocycles. The van der Waals surface area contributed by atoms with Crippen LogP contribution in [-0.2, 0) is 9.53 Å². The van der Waals surface area contributed by atoms with Gasteiger partial charge in [0.15, 0.2) is 18.1 Å². The fourth-order valence-corrected chi connectivity index (χ4v) is 2.63. The molecule has 0 saturated carbocycles. The lowest BCUT2D eigenvalue weighted by Gasteiger charge is -2.15. The minimum absolute atomic E-state index is 0.248. The zero-order valence-electron chi connectivity index (χ0n) is 15.0. The molecule has 2 rings (SSSR count). The number of rotatable bonds is 7. The van der Waals surface area contributed by atoms with Crippen LogP contribution < -0.4 is 14.8 Å². The predicted octanol–water partition coefficient (Wildman–Crippen LogP) is 4.04. The summed E-state index contributed by atoms with van der Waals surface area (Å²) in [6.45, 7) is 1.37. The van der Waals surface area contributed by atoms with E-state index >= 15 is 0 Å². The van der Waals surface area contributed by atoms with Crippen molar-refractivity contribution in [1.82, 2.24) is 5.32 Å². The number of carbonyl (C=O) groups excluding carboxylic acids is 2. The Labute approximate surface area is 167 Å². The van der Waals surface area contributed by atoms with Gasteiger partial charge in [-0.25, -0.2) is 4.79 Å². The van der Waals surface area contributed by atoms with E-state index in [1.807, 2.05) is 0 Å². The van der Waals surface area contributed by atoms with Crippen molar-refractivity contribution in [3.63, 3.8) is 0 Å². The molecule has 0 heterocycles. The summed E-state index contributed by atoms with van der Waals surface area (Å²) in [6, 6.07) is 9.35. The summed E-state index contributed by atoms with van der Waals surface area (Å²) in [5.74, 6) is -0.206. The number of benzene rings is 2. The molecule has 8 heteroatoms. The number of ether oxygens (including phenoxy) is 3. The Kier molecular flexibility index (Phi) is 7.33. The highest BCUT2D eigenvalue weighted by Gasteiger charge is 2.15. The second kappa shape index (κ2) is 9.48. The third-order valence-electron chi connectivity index (χ3n) is 3.77. The highest BCUT2D eigenvalue weighted by atomic mass is 35.5. The van der Waals surface area contributed by atoms with Gasteiger partial charge < -0.3 is 19.5 Å². The number of esters is 1. The first kappa shape index (κ1) is 20.9. The van der Waals surface area contributed by atoms with E-state index in [0.717, 1.165) is 5.56 Å². The molecule has 2 aromatic carbocycles. The van der Waals surface area contributed by atoms with Gasteiger partial charge in [0.25, 0.3) is 5.91 Å². The molecule has 0 bridgehead atoms. The second-order valence-corrected chi connectivity index (χ2v) is 6.42. The first-order valence-electron chi connectivity index (χ1n) is 7.99. The Hall–Kier alpha value is -2.44. The SMILES string of the molecule is COc1ccc(C(=O)OCC(=O)N[C@H](C)c2ccc(Cl)c(Cl)c2)cc1OC. The second-order valence-electron chi connectivity index (χ2n) is 5.61. The molecule has 0 saturated heterocycles. The summed E-state index contributed by atoms with van der Waals surface area (Å²) in [5, 5.41) is 3.56. The monoisotopic (exact) mass is 411 g/mol. The van der Waals surface area contributed by atoms with Crippen molar-refractivity contribution in [3.05, 3.63) is 57.6 Å². The fourth-order valence-electron chi connectivity index (χ4n) is 2.33. The Morgan fingerprint density at radius 3 is 2.33 bits per heavy atom. The Morgan fingerprint density at radius 2 is 1.70 bits per heavy atom. The minimum Gasteiger partial charge on any atom is -0.493 e. The van der Waals surface area contributed by atoms with Crippen LogP contribution >= 0.6 is 23.2 Å². The van der Waals surface area contributed by atoms with Crippen molar-refractivity contribution < 1.29 is 23.8 Å². The van der Waals surface area contributed by atoms with Gasteiger partial charge in [0.1, 0.15) is 0 Å². The highest BCUT2D eigenvalue weighted by molar-refractivity contribution is 6.42. The quantitative estimate of drug-likeness (QED) is 0.695. The van der Waals surface area contributed by atoms with E-state index in [1.165, 1.54) is 26.4 Å². The van der Waals surface area contributed by atoms with Crippen LogP contribution in [0.5, 0.6) is 11.5 Å². The molecule has 0 aliphatic heterocycles. The van der Waals surface area contributed by atoms with Crippen molar-refractivity contribution >= 4 is 35.1 Å². The lowest BCUT2D eigenvalue weighted by Crippen LogP contribution is -2.31. The number of amides is 1. The third kappa shape index (κ3) is 5.52. The van der Waals surface area contributed by atoms with Gasteiger partial charge in [0.2, 0.25) is 0 Å². The number of halogens is 2. The molecule has 27 heavy (non-hydrogen) atoms. The summed E-state index contributed by atoms with van der Waals surface area (Å²) in [5.41, 5.74) is 1.03. The van der Waals surface area contributed by atoms with Gasteiger partial charge in [0.05, 0.1) is 35.9 Å². The number of nitrogens with one attached hydrogen (secondary N) is 1. The average Bonchev–Trinajstić information content (AvgIpc) is 2.67. The smallest absolute Gasteiger partial charge is 0.338 e. The molecule has 0 aliphatic rings. The topological polar surface area (TPSA) is 73.9 Å². The molecule has 0 radical (unpaired) electrons. The number of hydrogen-bond acceptors (Lipinski definition) is 5. The maximum atomic E-state index is 12.1. The third-order valence-corrected chi connectivity index (χ3v) is 4.51. The molecule has 0 fully saturated rings. The van der Waals surface area contributed by atoms with Gasteiger partial charge in [-0.3, -0.25) is 4.79 Å². The molecule has 1 amide bonds. The van der Waals surface area contributed by atoms with Crippen LogP contribution in [0, 0.1) is 0 Å². The number of carbonyl (C=O) groups is 2. The van der Waals surface area contributed by atoms with Crippen molar-refractivity contribution in [3.8, 4) is 11.5 Å². The maximum Gasteiger partial charge on any atom is 0.338 e. The van der Waals surface area contributed by atoms with E-state index < -0.39 is 18.5 Å². The molecule has 2 aromatic rings. The van der Waals surface area contributed by atoms with Gasteiger partial charge in [-0.05, 0) is 42.8 Å². The van der Waals surface area contributed by atoms with Crippen molar-refractivity contribution in [1.29, 1.82) is 0 Å². The van der Waals surface area contributed by atoms with Crippen LogP contribution in [0.4, 0.5) is 0 Å². The van der Waals surface area contributed by atoms with Gasteiger partial charge in [-0.1, -0.05) is 29.3 Å². The standard InChI is InChI=1S/C19H19Cl2NO5/c1-11(12-4-6-14(20)15(21)8-12)22-18(23)10-27-19(24)13-5-7-16(25-2)17(9-13)26-3/h4-9,11H,10H2,1-3H3,(H,22,23)/t11-/m1/s1. The molecular formula is C19H19Cl2NO5. The van der Waals surface area contributed by atoms with E-state index in [4.69, 9.17) is 37.4 Å². The molecule has 0 aliphatic carbocycles. The van der Waals surface area contributed by atoms with Crippen molar-refractivity contribution in [2.45, 2.75) is 13.0 Å². The van der Waals surface area contributed by atoms with Gasteiger partial charge in [0, 0.05) is 0 Å². The summed E-state index contributed by atoms with van der Waals surface area (Å²) < 4.78 is 15.3. The number of hydrogen-bond donors (Lipinski definition) is 1. The van der Waals surface area contributed by atoms with Crippen LogP contribution in [0.1, 0.15) is 28.9 Å². The summed E-state index contributed by atoms with van der Waals surface area (Å²) in [6.07, 6.45) is 0. The Balaban J connectivity index is 1.92. The summed E-state index contributed by atoms with van der Waals surface area (Å²) >= 11 is 11.9. The maximum absolute atomic E-state index is 12.1. The van der Waals surface area contributed by atoms with Crippen LogP contribution in [0.3, 0.4) is 0 Å². The first-order chi connectivity index (χ1) is 12.8. The molecule has 6 nitrogen and oxygen atoms in total. The zero-order chi connectivity index (χ0) is 20.0. The van der Waals surface area contributed by atoms with Gasteiger partial charge in [-0.2, -0.15) is 0 Å². The lowest BCUT2D eigenvalue weighted by molar-refractivity contribution is -0.124. The molecule has 1 N–H and O–H groups in total.